The molecule has 0 saturated heterocycles. The van der Waals surface area contributed by atoms with Crippen molar-refractivity contribution < 1.29 is 17.9 Å². The lowest BCUT2D eigenvalue weighted by atomic mass is 10.1. The quantitative estimate of drug-likeness (QED) is 0.626. The molecule has 0 spiro atoms. The summed E-state index contributed by atoms with van der Waals surface area (Å²) in [6.07, 6.45) is 1.76. The number of esters is 1. The van der Waals surface area contributed by atoms with E-state index < -0.39 is 16.0 Å². The van der Waals surface area contributed by atoms with Crippen LogP contribution in [0.15, 0.2) is 42.5 Å². The second-order valence-corrected chi connectivity index (χ2v) is 9.58. The number of hydrogen-bond acceptors (Lipinski definition) is 6. The van der Waals surface area contributed by atoms with E-state index in [4.69, 9.17) is 4.74 Å². The number of fused-ring (bicyclic) bond motifs is 2. The average Bonchev–Trinajstić information content (AvgIpc) is 3.17. The number of rotatable bonds is 4. The number of anilines is 1. The van der Waals surface area contributed by atoms with E-state index in [2.05, 4.69) is 4.98 Å². The third-order valence-corrected chi connectivity index (χ3v) is 6.77. The fourth-order valence-corrected chi connectivity index (χ4v) is 5.57. The van der Waals surface area contributed by atoms with Crippen LogP contribution in [0, 0.1) is 0 Å². The van der Waals surface area contributed by atoms with Gasteiger partial charge in [0.2, 0.25) is 10.0 Å². The Hall–Kier alpha value is -2.45. The number of carbonyl (C=O) groups is 1. The lowest BCUT2D eigenvalue weighted by Gasteiger charge is -2.21. The molecule has 2 aromatic carbocycles. The smallest absolute Gasteiger partial charge is 0.338 e. The van der Waals surface area contributed by atoms with Gasteiger partial charge in [-0.2, -0.15) is 0 Å². The summed E-state index contributed by atoms with van der Waals surface area (Å²) < 4.78 is 31.8. The number of nitrogens with zero attached hydrogens (tertiary/aromatic N) is 2. The molecule has 0 amide bonds. The van der Waals surface area contributed by atoms with E-state index in [0.29, 0.717) is 17.7 Å². The third-order valence-electron chi connectivity index (χ3n) is 4.49. The summed E-state index contributed by atoms with van der Waals surface area (Å²) in [5, 5.41) is 0.739. The molecule has 0 N–H and O–H groups in total. The molecule has 1 aromatic heterocycles. The molecule has 8 heteroatoms. The van der Waals surface area contributed by atoms with Crippen LogP contribution < -0.4 is 4.31 Å². The Morgan fingerprint density at radius 2 is 2.07 bits per heavy atom. The maximum Gasteiger partial charge on any atom is 0.338 e. The molecule has 1 atom stereocenters. The molecule has 2 heterocycles. The van der Waals surface area contributed by atoms with E-state index in [1.807, 2.05) is 31.2 Å². The number of aromatic nitrogens is 1. The second kappa shape index (κ2) is 6.61. The van der Waals surface area contributed by atoms with E-state index in [-0.39, 0.29) is 12.6 Å². The number of carbonyl (C=O) groups excluding carboxylic acids is 1. The monoisotopic (exact) mass is 402 g/mol. The molecule has 140 valence electrons. The summed E-state index contributed by atoms with van der Waals surface area (Å²) in [5.41, 5.74) is 2.77. The SMILES string of the molecule is CC1Cc2cc(C(=O)OCc3nc4ccccc4s3)ccc2N1S(C)(=O)=O. The van der Waals surface area contributed by atoms with Crippen molar-refractivity contribution in [3.05, 3.63) is 58.6 Å². The van der Waals surface area contributed by atoms with Crippen LogP contribution in [0.5, 0.6) is 0 Å². The van der Waals surface area contributed by atoms with Crippen LogP contribution in [0.25, 0.3) is 10.2 Å². The van der Waals surface area contributed by atoms with Gasteiger partial charge >= 0.3 is 5.97 Å². The maximum absolute atomic E-state index is 12.4. The lowest BCUT2D eigenvalue weighted by Crippen LogP contribution is -2.34. The van der Waals surface area contributed by atoms with Crippen LogP contribution in [0.3, 0.4) is 0 Å². The largest absolute Gasteiger partial charge is 0.455 e. The molecular formula is C19H18N2O4S2. The van der Waals surface area contributed by atoms with Crippen LogP contribution in [0.2, 0.25) is 0 Å². The highest BCUT2D eigenvalue weighted by Gasteiger charge is 2.32. The summed E-state index contributed by atoms with van der Waals surface area (Å²) in [7, 11) is -3.35. The Morgan fingerprint density at radius 1 is 1.30 bits per heavy atom. The molecule has 1 aliphatic rings. The van der Waals surface area contributed by atoms with Crippen LogP contribution in [0.4, 0.5) is 5.69 Å². The highest BCUT2D eigenvalue weighted by molar-refractivity contribution is 7.92. The van der Waals surface area contributed by atoms with Gasteiger partial charge in [-0.05, 0) is 49.2 Å². The van der Waals surface area contributed by atoms with Gasteiger partial charge in [0.25, 0.3) is 0 Å². The Labute approximate surface area is 161 Å². The first kappa shape index (κ1) is 17.9. The van der Waals surface area contributed by atoms with Crippen LogP contribution >= 0.6 is 11.3 Å². The highest BCUT2D eigenvalue weighted by Crippen LogP contribution is 2.35. The van der Waals surface area contributed by atoms with Crippen molar-refractivity contribution in [1.29, 1.82) is 0 Å². The van der Waals surface area contributed by atoms with Crippen LogP contribution in [-0.2, 0) is 27.8 Å². The number of sulfonamides is 1. The molecule has 0 bridgehead atoms. The molecule has 4 rings (SSSR count). The topological polar surface area (TPSA) is 76.6 Å². The Morgan fingerprint density at radius 3 is 2.81 bits per heavy atom. The number of hydrogen-bond donors (Lipinski definition) is 0. The predicted molar refractivity (Wildman–Crippen MR) is 106 cm³/mol. The van der Waals surface area contributed by atoms with Gasteiger partial charge in [0.1, 0.15) is 11.6 Å². The second-order valence-electron chi connectivity index (χ2n) is 6.61. The van der Waals surface area contributed by atoms with Gasteiger partial charge in [0, 0.05) is 6.04 Å². The number of thiazole rings is 1. The van der Waals surface area contributed by atoms with Gasteiger partial charge < -0.3 is 4.74 Å². The molecule has 27 heavy (non-hydrogen) atoms. The van der Waals surface area contributed by atoms with Gasteiger partial charge in [-0.1, -0.05) is 12.1 Å². The van der Waals surface area contributed by atoms with Crippen molar-refractivity contribution in [2.24, 2.45) is 0 Å². The first-order chi connectivity index (χ1) is 12.8. The fraction of sp³-hybridized carbons (Fsp3) is 0.263. The number of ether oxygens (including phenoxy) is 1. The standard InChI is InChI=1S/C19H18N2O4S2/c1-12-9-14-10-13(7-8-16(14)21(12)27(2,23)24)19(22)25-11-18-20-15-5-3-4-6-17(15)26-18/h3-8,10,12H,9,11H2,1-2H3. The van der Waals surface area contributed by atoms with Gasteiger partial charge in [-0.25, -0.2) is 18.2 Å². The van der Waals surface area contributed by atoms with Crippen molar-refractivity contribution in [3.8, 4) is 0 Å². The predicted octanol–water partition coefficient (Wildman–Crippen LogP) is 3.36. The van der Waals surface area contributed by atoms with Gasteiger partial charge in [0.15, 0.2) is 0 Å². The highest BCUT2D eigenvalue weighted by atomic mass is 32.2. The zero-order valence-electron chi connectivity index (χ0n) is 14.9. The molecule has 3 aromatic rings. The van der Waals surface area contributed by atoms with Crippen molar-refractivity contribution >= 4 is 43.2 Å². The van der Waals surface area contributed by atoms with Crippen molar-refractivity contribution in [2.45, 2.75) is 26.0 Å². The minimum absolute atomic E-state index is 0.112. The lowest BCUT2D eigenvalue weighted by molar-refractivity contribution is 0.0472. The van der Waals surface area contributed by atoms with E-state index in [1.165, 1.54) is 21.9 Å². The Balaban J connectivity index is 1.51. The van der Waals surface area contributed by atoms with E-state index in [1.54, 1.807) is 18.2 Å². The summed E-state index contributed by atoms with van der Waals surface area (Å²) in [4.78, 5) is 16.9. The molecule has 6 nitrogen and oxygen atoms in total. The summed E-state index contributed by atoms with van der Waals surface area (Å²) in [5.74, 6) is -0.442. The summed E-state index contributed by atoms with van der Waals surface area (Å²) >= 11 is 1.50. The summed E-state index contributed by atoms with van der Waals surface area (Å²) in [6.45, 7) is 1.97. The Bertz CT molecular complexity index is 1100. The minimum atomic E-state index is -3.35. The van der Waals surface area contributed by atoms with Crippen molar-refractivity contribution in [1.82, 2.24) is 4.98 Å². The van der Waals surface area contributed by atoms with Crippen molar-refractivity contribution in [3.63, 3.8) is 0 Å². The van der Waals surface area contributed by atoms with Gasteiger partial charge in [-0.15, -0.1) is 11.3 Å². The molecule has 1 unspecified atom stereocenters. The maximum atomic E-state index is 12.4. The van der Waals surface area contributed by atoms with Gasteiger partial charge in [0.05, 0.1) is 27.7 Å². The van der Waals surface area contributed by atoms with Crippen LogP contribution in [-0.4, -0.2) is 31.7 Å². The van der Waals surface area contributed by atoms with E-state index >= 15 is 0 Å². The zero-order chi connectivity index (χ0) is 19.2. The first-order valence-corrected chi connectivity index (χ1v) is 11.1. The van der Waals surface area contributed by atoms with Gasteiger partial charge in [-0.3, -0.25) is 4.31 Å². The molecule has 0 fully saturated rings. The summed E-state index contributed by atoms with van der Waals surface area (Å²) in [6, 6.07) is 12.6. The Kier molecular flexibility index (Phi) is 4.39. The van der Waals surface area contributed by atoms with Crippen LogP contribution in [0.1, 0.15) is 27.9 Å². The average molecular weight is 402 g/mol. The minimum Gasteiger partial charge on any atom is -0.455 e. The van der Waals surface area contributed by atoms with E-state index in [9.17, 15) is 13.2 Å². The molecule has 0 aliphatic carbocycles. The molecule has 0 saturated carbocycles. The number of para-hydroxylation sites is 1. The molecule has 1 aliphatic heterocycles. The first-order valence-electron chi connectivity index (χ1n) is 8.47. The number of benzene rings is 2. The molecule has 0 radical (unpaired) electrons. The normalized spacial score (nSPS) is 16.5. The third kappa shape index (κ3) is 3.42. The zero-order valence-corrected chi connectivity index (χ0v) is 16.5. The van der Waals surface area contributed by atoms with E-state index in [0.717, 1.165) is 20.8 Å². The van der Waals surface area contributed by atoms with Crippen molar-refractivity contribution in [2.75, 3.05) is 10.6 Å². The fourth-order valence-electron chi connectivity index (χ4n) is 3.43. The molecular weight excluding hydrogens is 384 g/mol.